The van der Waals surface area contributed by atoms with Crippen molar-refractivity contribution in [2.24, 2.45) is 5.73 Å². The average Bonchev–Trinajstić information content (AvgIpc) is 2.51. The van der Waals surface area contributed by atoms with Gasteiger partial charge in [0.1, 0.15) is 6.04 Å². The van der Waals surface area contributed by atoms with Crippen LogP contribution in [-0.4, -0.2) is 26.9 Å². The van der Waals surface area contributed by atoms with E-state index in [0.29, 0.717) is 0 Å². The third kappa shape index (κ3) is 2.94. The SMILES string of the molecule is NC(Cn1ccc(C(F)(F)F)n1)C(=O)O. The van der Waals surface area contributed by atoms with E-state index in [0.717, 1.165) is 16.9 Å². The summed E-state index contributed by atoms with van der Waals surface area (Å²) in [5.74, 6) is -1.29. The van der Waals surface area contributed by atoms with Gasteiger partial charge in [-0.3, -0.25) is 9.48 Å². The van der Waals surface area contributed by atoms with E-state index in [1.807, 2.05) is 0 Å². The summed E-state index contributed by atoms with van der Waals surface area (Å²) < 4.78 is 37.1. The number of rotatable bonds is 3. The van der Waals surface area contributed by atoms with E-state index in [-0.39, 0.29) is 6.54 Å². The fraction of sp³-hybridized carbons (Fsp3) is 0.429. The first kappa shape index (κ1) is 11.5. The van der Waals surface area contributed by atoms with E-state index in [1.54, 1.807) is 0 Å². The number of hydrogen-bond acceptors (Lipinski definition) is 3. The number of aromatic nitrogens is 2. The summed E-state index contributed by atoms with van der Waals surface area (Å²) in [7, 11) is 0. The number of nitrogens with two attached hydrogens (primary N) is 1. The zero-order valence-electron chi connectivity index (χ0n) is 7.40. The summed E-state index contributed by atoms with van der Waals surface area (Å²) in [4.78, 5) is 10.3. The first-order chi connectivity index (χ1) is 6.80. The maximum absolute atomic E-state index is 12.1. The van der Waals surface area contributed by atoms with E-state index in [4.69, 9.17) is 10.8 Å². The molecule has 1 heterocycles. The largest absolute Gasteiger partial charge is 0.480 e. The topological polar surface area (TPSA) is 81.1 Å². The predicted octanol–water partition coefficient (Wildman–Crippen LogP) is 0.314. The lowest BCUT2D eigenvalue weighted by Crippen LogP contribution is -2.34. The highest BCUT2D eigenvalue weighted by Crippen LogP contribution is 2.27. The smallest absolute Gasteiger partial charge is 0.435 e. The monoisotopic (exact) mass is 223 g/mol. The van der Waals surface area contributed by atoms with Crippen LogP contribution in [0, 0.1) is 0 Å². The fourth-order valence-corrected chi connectivity index (χ4v) is 0.894. The Morgan fingerprint density at radius 2 is 2.27 bits per heavy atom. The summed E-state index contributed by atoms with van der Waals surface area (Å²) in [6.45, 7) is -0.300. The normalized spacial score (nSPS) is 13.9. The quantitative estimate of drug-likeness (QED) is 0.772. The molecule has 84 valence electrons. The van der Waals surface area contributed by atoms with Crippen molar-refractivity contribution in [3.8, 4) is 0 Å². The molecule has 8 heteroatoms. The third-order valence-electron chi connectivity index (χ3n) is 1.63. The maximum atomic E-state index is 12.1. The second-order valence-corrected chi connectivity index (χ2v) is 2.87. The minimum Gasteiger partial charge on any atom is -0.480 e. The highest BCUT2D eigenvalue weighted by atomic mass is 19.4. The molecule has 1 aromatic heterocycles. The number of alkyl halides is 3. The van der Waals surface area contributed by atoms with Crippen LogP contribution in [0.25, 0.3) is 0 Å². The highest BCUT2D eigenvalue weighted by molar-refractivity contribution is 5.72. The van der Waals surface area contributed by atoms with E-state index in [1.165, 1.54) is 0 Å². The van der Waals surface area contributed by atoms with Gasteiger partial charge in [-0.1, -0.05) is 0 Å². The second kappa shape index (κ2) is 3.89. The van der Waals surface area contributed by atoms with Crippen molar-refractivity contribution in [3.05, 3.63) is 18.0 Å². The van der Waals surface area contributed by atoms with Gasteiger partial charge in [-0.05, 0) is 6.07 Å². The van der Waals surface area contributed by atoms with Crippen molar-refractivity contribution in [3.63, 3.8) is 0 Å². The molecule has 1 atom stereocenters. The van der Waals surface area contributed by atoms with Crippen molar-refractivity contribution < 1.29 is 23.1 Å². The van der Waals surface area contributed by atoms with Gasteiger partial charge < -0.3 is 10.8 Å². The van der Waals surface area contributed by atoms with Crippen LogP contribution >= 0.6 is 0 Å². The lowest BCUT2D eigenvalue weighted by molar-refractivity contribution is -0.141. The Kier molecular flexibility index (Phi) is 2.98. The van der Waals surface area contributed by atoms with Crippen LogP contribution < -0.4 is 5.73 Å². The van der Waals surface area contributed by atoms with Crippen LogP contribution in [0.1, 0.15) is 5.69 Å². The molecule has 0 saturated carbocycles. The molecule has 0 amide bonds. The number of nitrogens with zero attached hydrogens (tertiary/aromatic N) is 2. The van der Waals surface area contributed by atoms with Crippen molar-refractivity contribution in [1.82, 2.24) is 9.78 Å². The van der Waals surface area contributed by atoms with E-state index in [9.17, 15) is 18.0 Å². The predicted molar refractivity (Wildman–Crippen MR) is 42.8 cm³/mol. The van der Waals surface area contributed by atoms with Crippen molar-refractivity contribution in [2.45, 2.75) is 18.8 Å². The molecule has 0 aliphatic carbocycles. The summed E-state index contributed by atoms with van der Waals surface area (Å²) >= 11 is 0. The molecule has 3 N–H and O–H groups in total. The minimum atomic E-state index is -4.53. The van der Waals surface area contributed by atoms with Gasteiger partial charge in [0, 0.05) is 6.20 Å². The van der Waals surface area contributed by atoms with Gasteiger partial charge in [0.25, 0.3) is 0 Å². The molecule has 1 rings (SSSR count). The number of halogens is 3. The van der Waals surface area contributed by atoms with Gasteiger partial charge in [-0.25, -0.2) is 0 Å². The lowest BCUT2D eigenvalue weighted by atomic mass is 10.3. The molecule has 0 aliphatic rings. The molecule has 0 aliphatic heterocycles. The first-order valence-electron chi connectivity index (χ1n) is 3.89. The van der Waals surface area contributed by atoms with Crippen LogP contribution in [0.5, 0.6) is 0 Å². The fourth-order valence-electron chi connectivity index (χ4n) is 0.894. The molecule has 0 bridgehead atoms. The van der Waals surface area contributed by atoms with Crippen LogP contribution in [0.15, 0.2) is 12.3 Å². The standard InChI is InChI=1S/C7H8F3N3O2/c8-7(9,10)5-1-2-13(12-5)3-4(11)6(14)15/h1-2,4H,3,11H2,(H,14,15). The Bertz CT molecular complexity index is 361. The third-order valence-corrected chi connectivity index (χ3v) is 1.63. The number of hydrogen-bond donors (Lipinski definition) is 2. The first-order valence-corrected chi connectivity index (χ1v) is 3.89. The highest BCUT2D eigenvalue weighted by Gasteiger charge is 2.33. The Hall–Kier alpha value is -1.57. The summed E-state index contributed by atoms with van der Waals surface area (Å²) in [6.07, 6.45) is -3.50. The average molecular weight is 223 g/mol. The molecule has 0 radical (unpaired) electrons. The van der Waals surface area contributed by atoms with E-state index >= 15 is 0 Å². The molecule has 1 unspecified atom stereocenters. The minimum absolute atomic E-state index is 0.300. The zero-order chi connectivity index (χ0) is 11.6. The molecule has 1 aromatic rings. The number of carboxylic acid groups (broad SMARTS) is 1. The van der Waals surface area contributed by atoms with E-state index < -0.39 is 23.9 Å². The molecule has 0 saturated heterocycles. The number of carbonyl (C=O) groups is 1. The Morgan fingerprint density at radius 3 is 2.67 bits per heavy atom. The van der Waals surface area contributed by atoms with Gasteiger partial charge >= 0.3 is 12.1 Å². The summed E-state index contributed by atoms with van der Waals surface area (Å²) in [5.41, 5.74) is 4.06. The Balaban J connectivity index is 2.73. The zero-order valence-corrected chi connectivity index (χ0v) is 7.40. The summed E-state index contributed by atoms with van der Waals surface area (Å²) in [5, 5.41) is 11.6. The van der Waals surface area contributed by atoms with Crippen LogP contribution in [-0.2, 0) is 17.5 Å². The molecule has 0 spiro atoms. The van der Waals surface area contributed by atoms with Gasteiger partial charge in [0.05, 0.1) is 6.54 Å². The van der Waals surface area contributed by atoms with Crippen molar-refractivity contribution in [2.75, 3.05) is 0 Å². The molecule has 0 fully saturated rings. The molecular weight excluding hydrogens is 215 g/mol. The van der Waals surface area contributed by atoms with E-state index in [2.05, 4.69) is 5.10 Å². The Morgan fingerprint density at radius 1 is 1.67 bits per heavy atom. The van der Waals surface area contributed by atoms with Crippen molar-refractivity contribution >= 4 is 5.97 Å². The second-order valence-electron chi connectivity index (χ2n) is 2.87. The van der Waals surface area contributed by atoms with Gasteiger partial charge in [-0.15, -0.1) is 0 Å². The van der Waals surface area contributed by atoms with Crippen molar-refractivity contribution in [1.29, 1.82) is 0 Å². The van der Waals surface area contributed by atoms with Crippen LogP contribution in [0.2, 0.25) is 0 Å². The summed E-state index contributed by atoms with van der Waals surface area (Å²) in [6, 6.07) is -0.514. The Labute approximate surface area is 82.3 Å². The van der Waals surface area contributed by atoms with Gasteiger partial charge in [0.15, 0.2) is 5.69 Å². The van der Waals surface area contributed by atoms with Crippen LogP contribution in [0.4, 0.5) is 13.2 Å². The number of carboxylic acids is 1. The van der Waals surface area contributed by atoms with Gasteiger partial charge in [0.2, 0.25) is 0 Å². The number of aliphatic carboxylic acids is 1. The van der Waals surface area contributed by atoms with Gasteiger partial charge in [-0.2, -0.15) is 18.3 Å². The van der Waals surface area contributed by atoms with Crippen LogP contribution in [0.3, 0.4) is 0 Å². The molecule has 5 nitrogen and oxygen atoms in total. The molecule has 0 aromatic carbocycles. The maximum Gasteiger partial charge on any atom is 0.435 e. The molecule has 15 heavy (non-hydrogen) atoms. The lowest BCUT2D eigenvalue weighted by Gasteiger charge is -2.06. The molecular formula is C7H8F3N3O2.